The number of hydrogen-bond donors (Lipinski definition) is 1. The highest BCUT2D eigenvalue weighted by atomic mass is 32.1. The van der Waals surface area contributed by atoms with E-state index in [-0.39, 0.29) is 6.61 Å². The summed E-state index contributed by atoms with van der Waals surface area (Å²) in [5.41, 5.74) is 0. The molecule has 1 heterocycles. The normalized spacial score (nSPS) is 13.7. The molecule has 1 unspecified atom stereocenters. The lowest BCUT2D eigenvalue weighted by atomic mass is 9.97. The highest BCUT2D eigenvalue weighted by Gasteiger charge is 2.12. The van der Waals surface area contributed by atoms with E-state index in [1.807, 2.05) is 6.07 Å². The molecule has 0 saturated heterocycles. The lowest BCUT2D eigenvalue weighted by Gasteiger charge is -2.14. The third kappa shape index (κ3) is 2.61. The van der Waals surface area contributed by atoms with Crippen LogP contribution in [-0.2, 0) is 0 Å². The third-order valence-corrected chi connectivity index (χ3v) is 2.96. The van der Waals surface area contributed by atoms with Crippen molar-refractivity contribution in [3.63, 3.8) is 0 Å². The molecule has 0 saturated carbocycles. The second-order valence-electron chi connectivity index (χ2n) is 3.52. The predicted molar refractivity (Wildman–Crippen MR) is 53.6 cm³/mol. The number of aliphatic hydroxyl groups excluding tert-OH is 1. The van der Waals surface area contributed by atoms with E-state index < -0.39 is 0 Å². The van der Waals surface area contributed by atoms with Gasteiger partial charge in [-0.15, -0.1) is 11.3 Å². The standard InChI is InChI=1S/C10H16OS/c1-8(2)6-9(7-11)10-4-3-5-12-10/h3-5,8-9,11H,6-7H2,1-2H3. The number of rotatable bonds is 4. The van der Waals surface area contributed by atoms with Crippen molar-refractivity contribution in [2.75, 3.05) is 6.61 Å². The minimum absolute atomic E-state index is 0.276. The van der Waals surface area contributed by atoms with Crippen LogP contribution in [0.4, 0.5) is 0 Å². The topological polar surface area (TPSA) is 20.2 Å². The summed E-state index contributed by atoms with van der Waals surface area (Å²) in [4.78, 5) is 1.31. The second kappa shape index (κ2) is 4.63. The van der Waals surface area contributed by atoms with Gasteiger partial charge in [0, 0.05) is 10.8 Å². The van der Waals surface area contributed by atoms with Gasteiger partial charge in [0.2, 0.25) is 0 Å². The second-order valence-corrected chi connectivity index (χ2v) is 4.50. The first-order valence-corrected chi connectivity index (χ1v) is 5.26. The van der Waals surface area contributed by atoms with E-state index in [9.17, 15) is 0 Å². The largest absolute Gasteiger partial charge is 0.396 e. The molecule has 0 amide bonds. The van der Waals surface area contributed by atoms with Gasteiger partial charge in [0.25, 0.3) is 0 Å². The Kier molecular flexibility index (Phi) is 3.76. The van der Waals surface area contributed by atoms with Gasteiger partial charge in [0.1, 0.15) is 0 Å². The summed E-state index contributed by atoms with van der Waals surface area (Å²) in [6, 6.07) is 4.15. The highest BCUT2D eigenvalue weighted by molar-refractivity contribution is 7.10. The van der Waals surface area contributed by atoms with Crippen molar-refractivity contribution in [3.8, 4) is 0 Å². The van der Waals surface area contributed by atoms with Gasteiger partial charge in [0.05, 0.1) is 6.61 Å². The summed E-state index contributed by atoms with van der Waals surface area (Å²) in [5.74, 6) is 1.01. The van der Waals surface area contributed by atoms with Crippen molar-refractivity contribution in [3.05, 3.63) is 22.4 Å². The molecule has 0 aliphatic heterocycles. The van der Waals surface area contributed by atoms with Crippen molar-refractivity contribution >= 4 is 11.3 Å². The van der Waals surface area contributed by atoms with Crippen LogP contribution < -0.4 is 0 Å². The molecule has 1 rings (SSSR count). The molecule has 0 spiro atoms. The van der Waals surface area contributed by atoms with Crippen LogP contribution in [-0.4, -0.2) is 11.7 Å². The molecule has 1 aromatic heterocycles. The van der Waals surface area contributed by atoms with Crippen molar-refractivity contribution < 1.29 is 5.11 Å². The number of thiophene rings is 1. The molecule has 1 N–H and O–H groups in total. The summed E-state index contributed by atoms with van der Waals surface area (Å²) in [5, 5.41) is 11.2. The molecule has 68 valence electrons. The molecular weight excluding hydrogens is 168 g/mol. The van der Waals surface area contributed by atoms with Gasteiger partial charge >= 0.3 is 0 Å². The maximum Gasteiger partial charge on any atom is 0.0507 e. The Morgan fingerprint density at radius 1 is 1.50 bits per heavy atom. The predicted octanol–water partition coefficient (Wildman–Crippen LogP) is 2.87. The molecule has 2 heteroatoms. The Labute approximate surface area is 78.1 Å². The molecule has 0 aliphatic rings. The first kappa shape index (κ1) is 9.75. The van der Waals surface area contributed by atoms with Crippen molar-refractivity contribution in [1.82, 2.24) is 0 Å². The zero-order chi connectivity index (χ0) is 8.97. The molecule has 1 nitrogen and oxygen atoms in total. The van der Waals surface area contributed by atoms with E-state index in [1.54, 1.807) is 11.3 Å². The van der Waals surface area contributed by atoms with Crippen LogP contribution in [0.5, 0.6) is 0 Å². The fraction of sp³-hybridized carbons (Fsp3) is 0.600. The molecule has 0 bridgehead atoms. The fourth-order valence-electron chi connectivity index (χ4n) is 1.37. The average Bonchev–Trinajstić information content (AvgIpc) is 2.51. The molecule has 0 aliphatic carbocycles. The first-order chi connectivity index (χ1) is 5.74. The van der Waals surface area contributed by atoms with Gasteiger partial charge in [-0.25, -0.2) is 0 Å². The molecular formula is C10H16OS. The Morgan fingerprint density at radius 3 is 2.67 bits per heavy atom. The molecule has 12 heavy (non-hydrogen) atoms. The number of hydrogen-bond acceptors (Lipinski definition) is 2. The maximum absolute atomic E-state index is 9.15. The van der Waals surface area contributed by atoms with E-state index in [1.165, 1.54) is 4.88 Å². The Balaban J connectivity index is 2.57. The minimum Gasteiger partial charge on any atom is -0.396 e. The summed E-state index contributed by atoms with van der Waals surface area (Å²) < 4.78 is 0. The van der Waals surface area contributed by atoms with Gasteiger partial charge in [-0.2, -0.15) is 0 Å². The summed E-state index contributed by atoms with van der Waals surface area (Å²) in [7, 11) is 0. The van der Waals surface area contributed by atoms with Gasteiger partial charge in [-0.1, -0.05) is 19.9 Å². The van der Waals surface area contributed by atoms with Crippen LogP contribution in [0, 0.1) is 5.92 Å². The van der Waals surface area contributed by atoms with Gasteiger partial charge in [-0.3, -0.25) is 0 Å². The van der Waals surface area contributed by atoms with Crippen LogP contribution in [0.1, 0.15) is 31.1 Å². The van der Waals surface area contributed by atoms with Crippen molar-refractivity contribution in [2.24, 2.45) is 5.92 Å². The van der Waals surface area contributed by atoms with E-state index in [0.29, 0.717) is 11.8 Å². The quantitative estimate of drug-likeness (QED) is 0.763. The van der Waals surface area contributed by atoms with Crippen molar-refractivity contribution in [2.45, 2.75) is 26.2 Å². The van der Waals surface area contributed by atoms with E-state index in [0.717, 1.165) is 6.42 Å². The smallest absolute Gasteiger partial charge is 0.0507 e. The molecule has 0 aromatic carbocycles. The SMILES string of the molecule is CC(C)CC(CO)c1cccs1. The fourth-order valence-corrected chi connectivity index (χ4v) is 2.21. The first-order valence-electron chi connectivity index (χ1n) is 4.38. The zero-order valence-electron chi connectivity index (χ0n) is 7.66. The Morgan fingerprint density at radius 2 is 2.25 bits per heavy atom. The highest BCUT2D eigenvalue weighted by Crippen LogP contribution is 2.26. The van der Waals surface area contributed by atoms with Gasteiger partial charge in [-0.05, 0) is 23.8 Å². The Bertz CT molecular complexity index is 204. The van der Waals surface area contributed by atoms with Crippen LogP contribution in [0.15, 0.2) is 17.5 Å². The lowest BCUT2D eigenvalue weighted by molar-refractivity contribution is 0.250. The van der Waals surface area contributed by atoms with E-state index in [2.05, 4.69) is 25.3 Å². The third-order valence-electron chi connectivity index (χ3n) is 1.92. The van der Waals surface area contributed by atoms with Crippen LogP contribution in [0.3, 0.4) is 0 Å². The number of aliphatic hydroxyl groups is 1. The molecule has 0 fully saturated rings. The van der Waals surface area contributed by atoms with Gasteiger partial charge < -0.3 is 5.11 Å². The molecule has 1 aromatic rings. The van der Waals surface area contributed by atoms with Crippen LogP contribution in [0.2, 0.25) is 0 Å². The summed E-state index contributed by atoms with van der Waals surface area (Å²) in [6.45, 7) is 4.66. The average molecular weight is 184 g/mol. The monoisotopic (exact) mass is 184 g/mol. The van der Waals surface area contributed by atoms with Crippen molar-refractivity contribution in [1.29, 1.82) is 0 Å². The van der Waals surface area contributed by atoms with E-state index >= 15 is 0 Å². The minimum atomic E-state index is 0.276. The Hall–Kier alpha value is -0.340. The van der Waals surface area contributed by atoms with Crippen LogP contribution >= 0.6 is 11.3 Å². The summed E-state index contributed by atoms with van der Waals surface area (Å²) in [6.07, 6.45) is 1.08. The van der Waals surface area contributed by atoms with Crippen LogP contribution in [0.25, 0.3) is 0 Å². The molecule has 1 atom stereocenters. The van der Waals surface area contributed by atoms with Gasteiger partial charge in [0.15, 0.2) is 0 Å². The molecule has 0 radical (unpaired) electrons. The lowest BCUT2D eigenvalue weighted by Crippen LogP contribution is -2.05. The summed E-state index contributed by atoms with van der Waals surface area (Å²) >= 11 is 1.74. The maximum atomic E-state index is 9.15. The van der Waals surface area contributed by atoms with E-state index in [4.69, 9.17) is 5.11 Å². The zero-order valence-corrected chi connectivity index (χ0v) is 8.47.